The molecule has 1 aliphatic rings. The number of ether oxygens (including phenoxy) is 1. The predicted octanol–water partition coefficient (Wildman–Crippen LogP) is 2.09. The topological polar surface area (TPSA) is 58.6 Å². The maximum Gasteiger partial charge on any atom is 0.240 e. The molecule has 0 spiro atoms. The van der Waals surface area contributed by atoms with Crippen LogP contribution in [0.4, 0.5) is 0 Å². The molecule has 0 aliphatic carbocycles. The zero-order valence-corrected chi connectivity index (χ0v) is 14.4. The van der Waals surface area contributed by atoms with Crippen molar-refractivity contribution in [1.82, 2.24) is 9.62 Å². The molecule has 0 atom stereocenters. The molecule has 2 rings (SSSR count). The quantitative estimate of drug-likeness (QED) is 0.870. The van der Waals surface area contributed by atoms with Crippen molar-refractivity contribution < 1.29 is 13.2 Å². The van der Waals surface area contributed by atoms with Crippen LogP contribution in [0.15, 0.2) is 29.2 Å². The summed E-state index contributed by atoms with van der Waals surface area (Å²) >= 11 is 0. The number of benzene rings is 1. The van der Waals surface area contributed by atoms with Gasteiger partial charge in [0, 0.05) is 12.6 Å². The summed E-state index contributed by atoms with van der Waals surface area (Å²) in [6, 6.07) is 7.04. The van der Waals surface area contributed by atoms with E-state index in [2.05, 4.69) is 23.5 Å². The molecule has 6 heteroatoms. The SMILES string of the molecule is COc1ccc(S(=O)(=O)NCC2CCN(C(C)C)CC2)cc1. The van der Waals surface area contributed by atoms with Crippen LogP contribution in [0, 0.1) is 5.92 Å². The van der Waals surface area contributed by atoms with E-state index in [1.165, 1.54) is 0 Å². The van der Waals surface area contributed by atoms with Gasteiger partial charge < -0.3 is 9.64 Å². The maximum atomic E-state index is 12.3. The molecule has 1 aromatic rings. The van der Waals surface area contributed by atoms with Crippen LogP contribution >= 0.6 is 0 Å². The van der Waals surface area contributed by atoms with Crippen molar-refractivity contribution in [2.45, 2.75) is 37.6 Å². The summed E-state index contributed by atoms with van der Waals surface area (Å²) in [7, 11) is -1.87. The minimum absolute atomic E-state index is 0.285. The number of sulfonamides is 1. The molecule has 1 N–H and O–H groups in total. The first-order valence-electron chi connectivity index (χ1n) is 7.80. The molecule has 0 radical (unpaired) electrons. The van der Waals surface area contributed by atoms with Gasteiger partial charge >= 0.3 is 0 Å². The zero-order valence-electron chi connectivity index (χ0n) is 13.6. The van der Waals surface area contributed by atoms with Crippen LogP contribution in [0.2, 0.25) is 0 Å². The Morgan fingerprint density at radius 3 is 2.32 bits per heavy atom. The molecule has 1 heterocycles. The number of nitrogens with one attached hydrogen (secondary N) is 1. The summed E-state index contributed by atoms with van der Waals surface area (Å²) in [5, 5.41) is 0. The second-order valence-electron chi connectivity index (χ2n) is 6.10. The largest absolute Gasteiger partial charge is 0.497 e. The third kappa shape index (κ3) is 4.44. The van der Waals surface area contributed by atoms with Crippen LogP contribution in [0.3, 0.4) is 0 Å². The second kappa shape index (κ2) is 7.44. The molecule has 0 bridgehead atoms. The third-order valence-electron chi connectivity index (χ3n) is 4.31. The van der Waals surface area contributed by atoms with Crippen LogP contribution in [-0.2, 0) is 10.0 Å². The first-order valence-corrected chi connectivity index (χ1v) is 9.28. The second-order valence-corrected chi connectivity index (χ2v) is 7.87. The fraction of sp³-hybridized carbons (Fsp3) is 0.625. The molecule has 1 saturated heterocycles. The highest BCUT2D eigenvalue weighted by molar-refractivity contribution is 7.89. The first kappa shape index (κ1) is 17.2. The Labute approximate surface area is 133 Å². The average Bonchev–Trinajstić information content (AvgIpc) is 2.53. The van der Waals surface area contributed by atoms with Gasteiger partial charge in [-0.2, -0.15) is 0 Å². The highest BCUT2D eigenvalue weighted by Crippen LogP contribution is 2.20. The molecular formula is C16H26N2O3S. The van der Waals surface area contributed by atoms with Gasteiger partial charge in [-0.15, -0.1) is 0 Å². The number of rotatable bonds is 6. The molecular weight excluding hydrogens is 300 g/mol. The van der Waals surface area contributed by atoms with E-state index in [9.17, 15) is 8.42 Å². The fourth-order valence-corrected chi connectivity index (χ4v) is 3.86. The fourth-order valence-electron chi connectivity index (χ4n) is 2.74. The van der Waals surface area contributed by atoms with Gasteiger partial charge in [0.25, 0.3) is 0 Å². The van der Waals surface area contributed by atoms with Crippen molar-refractivity contribution in [1.29, 1.82) is 0 Å². The minimum atomic E-state index is -3.43. The Balaban J connectivity index is 1.87. The zero-order chi connectivity index (χ0) is 16.2. The molecule has 5 nitrogen and oxygen atoms in total. The van der Waals surface area contributed by atoms with Crippen LogP contribution in [0.1, 0.15) is 26.7 Å². The molecule has 1 aromatic carbocycles. The smallest absolute Gasteiger partial charge is 0.240 e. The van der Waals surface area contributed by atoms with Crippen molar-refractivity contribution in [2.24, 2.45) is 5.92 Å². The van der Waals surface area contributed by atoms with E-state index in [4.69, 9.17) is 4.74 Å². The number of piperidine rings is 1. The van der Waals surface area contributed by atoms with Crippen molar-refractivity contribution in [2.75, 3.05) is 26.7 Å². The molecule has 0 amide bonds. The van der Waals surface area contributed by atoms with Crippen molar-refractivity contribution in [3.63, 3.8) is 0 Å². The van der Waals surface area contributed by atoms with Gasteiger partial charge in [-0.25, -0.2) is 13.1 Å². The average molecular weight is 326 g/mol. The lowest BCUT2D eigenvalue weighted by Gasteiger charge is -2.34. The summed E-state index contributed by atoms with van der Waals surface area (Å²) < 4.78 is 32.4. The number of nitrogens with zero attached hydrogens (tertiary/aromatic N) is 1. The highest BCUT2D eigenvalue weighted by Gasteiger charge is 2.22. The van der Waals surface area contributed by atoms with Crippen LogP contribution in [-0.4, -0.2) is 46.1 Å². The maximum absolute atomic E-state index is 12.3. The van der Waals surface area contributed by atoms with Gasteiger partial charge in [-0.3, -0.25) is 0 Å². The Morgan fingerprint density at radius 2 is 1.82 bits per heavy atom. The van der Waals surface area contributed by atoms with Crippen LogP contribution < -0.4 is 9.46 Å². The minimum Gasteiger partial charge on any atom is -0.497 e. The highest BCUT2D eigenvalue weighted by atomic mass is 32.2. The summed E-state index contributed by atoms with van der Waals surface area (Å²) in [5.41, 5.74) is 0. The summed E-state index contributed by atoms with van der Waals surface area (Å²) in [4.78, 5) is 2.72. The van der Waals surface area contributed by atoms with E-state index >= 15 is 0 Å². The molecule has 0 unspecified atom stereocenters. The van der Waals surface area contributed by atoms with Crippen molar-refractivity contribution in [3.05, 3.63) is 24.3 Å². The molecule has 0 saturated carbocycles. The lowest BCUT2D eigenvalue weighted by Crippen LogP contribution is -2.41. The lowest BCUT2D eigenvalue weighted by molar-refractivity contribution is 0.151. The standard InChI is InChI=1S/C16H26N2O3S/c1-13(2)18-10-8-14(9-11-18)12-17-22(19,20)16-6-4-15(21-3)5-7-16/h4-7,13-14,17H,8-12H2,1-3H3. The van der Waals surface area contributed by atoms with Crippen molar-refractivity contribution in [3.8, 4) is 5.75 Å². The van der Waals surface area contributed by atoms with E-state index in [0.29, 0.717) is 24.3 Å². The summed E-state index contributed by atoms with van der Waals surface area (Å²) in [5.74, 6) is 1.07. The number of likely N-dealkylation sites (tertiary alicyclic amines) is 1. The molecule has 0 aromatic heterocycles. The van der Waals surface area contributed by atoms with E-state index in [0.717, 1.165) is 25.9 Å². The lowest BCUT2D eigenvalue weighted by atomic mass is 9.96. The van der Waals surface area contributed by atoms with Crippen molar-refractivity contribution >= 4 is 10.0 Å². The van der Waals surface area contributed by atoms with Gasteiger partial charge in [-0.05, 0) is 70.0 Å². The summed E-state index contributed by atoms with van der Waals surface area (Å²) in [6.07, 6.45) is 2.09. The Hall–Kier alpha value is -1.11. The van der Waals surface area contributed by atoms with Gasteiger partial charge in [-0.1, -0.05) is 0 Å². The molecule has 124 valence electrons. The van der Waals surface area contributed by atoms with Gasteiger partial charge in [0.1, 0.15) is 5.75 Å². The molecule has 1 fully saturated rings. The van der Waals surface area contributed by atoms with Crippen LogP contribution in [0.5, 0.6) is 5.75 Å². The van der Waals surface area contributed by atoms with E-state index in [1.54, 1.807) is 31.4 Å². The molecule has 1 aliphatic heterocycles. The Bertz CT molecular complexity index is 562. The van der Waals surface area contributed by atoms with Gasteiger partial charge in [0.05, 0.1) is 12.0 Å². The normalized spacial score (nSPS) is 17.8. The molecule has 22 heavy (non-hydrogen) atoms. The third-order valence-corrected chi connectivity index (χ3v) is 5.75. The number of methoxy groups -OCH3 is 1. The van der Waals surface area contributed by atoms with E-state index in [1.807, 2.05) is 0 Å². The summed E-state index contributed by atoms with van der Waals surface area (Å²) in [6.45, 7) is 7.01. The van der Waals surface area contributed by atoms with E-state index in [-0.39, 0.29) is 4.90 Å². The predicted molar refractivity (Wildman–Crippen MR) is 87.6 cm³/mol. The number of hydrogen-bond donors (Lipinski definition) is 1. The van der Waals surface area contributed by atoms with E-state index < -0.39 is 10.0 Å². The van der Waals surface area contributed by atoms with Gasteiger partial charge in [0.2, 0.25) is 10.0 Å². The number of hydrogen-bond acceptors (Lipinski definition) is 4. The van der Waals surface area contributed by atoms with Crippen LogP contribution in [0.25, 0.3) is 0 Å². The monoisotopic (exact) mass is 326 g/mol. The Morgan fingerprint density at radius 1 is 1.23 bits per heavy atom. The first-order chi connectivity index (χ1) is 10.4. The van der Waals surface area contributed by atoms with Gasteiger partial charge in [0.15, 0.2) is 0 Å². The Kier molecular flexibility index (Phi) is 5.83.